The molecule has 60 heavy (non-hydrogen) atoms. The number of nitrogens with zero attached hydrogens (tertiary/aromatic N) is 6. The fraction of sp³-hybridized carbons (Fsp3) is 0.438. The molecule has 0 bridgehead atoms. The van der Waals surface area contributed by atoms with Crippen molar-refractivity contribution in [2.75, 3.05) is 33.7 Å². The quantitative estimate of drug-likeness (QED) is 0.135. The molecule has 12 nitrogen and oxygen atoms in total. The average Bonchev–Trinajstić information content (AvgIpc) is 4.08. The molecule has 3 amide bonds. The van der Waals surface area contributed by atoms with Crippen molar-refractivity contribution in [3.63, 3.8) is 0 Å². The fourth-order valence-electron chi connectivity index (χ4n) is 9.76. The smallest absolute Gasteiger partial charge is 0.407 e. The van der Waals surface area contributed by atoms with Crippen molar-refractivity contribution in [2.45, 2.75) is 90.4 Å². The number of H-pyrrole nitrogens is 2. The zero-order chi connectivity index (χ0) is 42.3. The van der Waals surface area contributed by atoms with Gasteiger partial charge in [0.2, 0.25) is 11.8 Å². The molecular formula is C48H58N8O4. The maximum atomic E-state index is 14.3. The van der Waals surface area contributed by atoms with E-state index in [1.54, 1.807) is 0 Å². The van der Waals surface area contributed by atoms with E-state index in [4.69, 9.17) is 9.97 Å². The maximum absolute atomic E-state index is 14.3. The van der Waals surface area contributed by atoms with Crippen molar-refractivity contribution < 1.29 is 19.5 Å². The number of nitrogens with one attached hydrogen (secondary N) is 2. The molecule has 3 N–H and O–H groups in total. The molecule has 12 heteroatoms. The van der Waals surface area contributed by atoms with Crippen molar-refractivity contribution in [1.82, 2.24) is 39.5 Å². The lowest BCUT2D eigenvalue weighted by Crippen LogP contribution is -2.57. The van der Waals surface area contributed by atoms with Crippen LogP contribution in [0.25, 0.3) is 33.6 Å². The zero-order valence-corrected chi connectivity index (χ0v) is 35.7. The molecule has 3 fully saturated rings. The first-order chi connectivity index (χ1) is 28.7. The van der Waals surface area contributed by atoms with E-state index in [0.29, 0.717) is 32.5 Å². The van der Waals surface area contributed by atoms with E-state index < -0.39 is 11.5 Å². The Hall–Kier alpha value is -5.75. The molecule has 2 unspecified atom stereocenters. The highest BCUT2D eigenvalue weighted by molar-refractivity contribution is 5.84. The fourth-order valence-corrected chi connectivity index (χ4v) is 9.76. The summed E-state index contributed by atoms with van der Waals surface area (Å²) in [6.07, 6.45) is 7.35. The van der Waals surface area contributed by atoms with E-state index in [1.807, 2.05) is 78.4 Å². The number of hydrogen-bond donors (Lipinski definition) is 3. The van der Waals surface area contributed by atoms with Gasteiger partial charge < -0.3 is 29.8 Å². The van der Waals surface area contributed by atoms with Gasteiger partial charge in [-0.1, -0.05) is 107 Å². The van der Waals surface area contributed by atoms with Gasteiger partial charge in [-0.25, -0.2) is 14.8 Å². The van der Waals surface area contributed by atoms with Gasteiger partial charge in [0.05, 0.1) is 41.3 Å². The summed E-state index contributed by atoms with van der Waals surface area (Å²) < 4.78 is 0. The summed E-state index contributed by atoms with van der Waals surface area (Å²) in [4.78, 5) is 64.4. The molecule has 5 aromatic rings. The topological polar surface area (TPSA) is 142 Å². The Morgan fingerprint density at radius 2 is 1.23 bits per heavy atom. The lowest BCUT2D eigenvalue weighted by atomic mass is 9.69. The van der Waals surface area contributed by atoms with Gasteiger partial charge in [0, 0.05) is 25.7 Å². The van der Waals surface area contributed by atoms with Crippen LogP contribution in [-0.2, 0) is 9.59 Å². The third-order valence-corrected chi connectivity index (χ3v) is 13.1. The van der Waals surface area contributed by atoms with Gasteiger partial charge in [0.1, 0.15) is 17.7 Å². The number of carbonyl (C=O) groups excluding carboxylic acids is 2. The van der Waals surface area contributed by atoms with Crippen LogP contribution in [0.2, 0.25) is 0 Å². The molecule has 0 spiro atoms. The Balaban J connectivity index is 0.919. The van der Waals surface area contributed by atoms with Crippen LogP contribution in [0.5, 0.6) is 0 Å². The minimum atomic E-state index is -0.919. The number of imidazole rings is 2. The largest absolute Gasteiger partial charge is 0.465 e. The summed E-state index contributed by atoms with van der Waals surface area (Å²) in [6, 6.07) is 26.0. The van der Waals surface area contributed by atoms with Crippen LogP contribution < -0.4 is 0 Å². The van der Waals surface area contributed by atoms with E-state index in [1.165, 1.54) is 4.90 Å². The Morgan fingerprint density at radius 1 is 0.733 bits per heavy atom. The predicted molar refractivity (Wildman–Crippen MR) is 233 cm³/mol. The molecule has 5 heterocycles. The lowest BCUT2D eigenvalue weighted by molar-refractivity contribution is -0.147. The van der Waals surface area contributed by atoms with Gasteiger partial charge >= 0.3 is 6.09 Å². The Morgan fingerprint density at radius 3 is 1.73 bits per heavy atom. The Labute approximate surface area is 353 Å². The molecule has 3 aliphatic rings. The second-order valence-corrected chi connectivity index (χ2v) is 18.5. The molecule has 0 saturated carbocycles. The van der Waals surface area contributed by atoms with Crippen molar-refractivity contribution in [3.05, 3.63) is 108 Å². The van der Waals surface area contributed by atoms with Crippen LogP contribution in [0.1, 0.15) is 102 Å². The van der Waals surface area contributed by atoms with Crippen molar-refractivity contribution >= 4 is 17.9 Å². The number of rotatable bonds is 9. The van der Waals surface area contributed by atoms with Crippen molar-refractivity contribution in [1.29, 1.82) is 0 Å². The second-order valence-electron chi connectivity index (χ2n) is 18.5. The van der Waals surface area contributed by atoms with E-state index in [2.05, 4.69) is 79.3 Å². The number of likely N-dealkylation sites (tertiary alicyclic amines) is 3. The third-order valence-electron chi connectivity index (χ3n) is 13.1. The highest BCUT2D eigenvalue weighted by Gasteiger charge is 2.50. The molecule has 3 aliphatic heterocycles. The number of aromatic nitrogens is 4. The first-order valence-corrected chi connectivity index (χ1v) is 21.4. The molecule has 0 aliphatic carbocycles. The Bertz CT molecular complexity index is 2310. The van der Waals surface area contributed by atoms with E-state index >= 15 is 0 Å². The van der Waals surface area contributed by atoms with Crippen LogP contribution in [0, 0.1) is 10.8 Å². The maximum Gasteiger partial charge on any atom is 0.407 e. The summed E-state index contributed by atoms with van der Waals surface area (Å²) in [5, 5.41) is 9.90. The Kier molecular flexibility index (Phi) is 11.2. The number of aromatic amines is 2. The number of carbonyl (C=O) groups is 3. The molecule has 3 saturated heterocycles. The van der Waals surface area contributed by atoms with Crippen LogP contribution in [0.15, 0.2) is 91.3 Å². The van der Waals surface area contributed by atoms with Crippen LogP contribution >= 0.6 is 0 Å². The average molecular weight is 811 g/mol. The third kappa shape index (κ3) is 7.97. The van der Waals surface area contributed by atoms with Gasteiger partial charge in [0.15, 0.2) is 0 Å². The highest BCUT2D eigenvalue weighted by atomic mass is 16.4. The lowest BCUT2D eigenvalue weighted by Gasteiger charge is -2.49. The predicted octanol–water partition coefficient (Wildman–Crippen LogP) is 8.96. The SMILES string of the molecule is CN(C)[C@@H](C(=O)N1CCC[C@H]1c1ncc(-c2ccc(-c3ccc(-c4cnc([C@@H]5CCCN5C(=O)C5(C)CCN(C(=O)O)C(C(C)(C)C)C5)[nH]4)cc3)cc2)[nH]1)c1ccccc1. The van der Waals surface area contributed by atoms with E-state index in [9.17, 15) is 19.5 Å². The van der Waals surface area contributed by atoms with Crippen LogP contribution in [-0.4, -0.2) is 102 Å². The number of piperidine rings is 1. The first-order valence-electron chi connectivity index (χ1n) is 21.4. The van der Waals surface area contributed by atoms with Gasteiger partial charge in [-0.3, -0.25) is 14.5 Å². The molecule has 8 rings (SSSR count). The van der Waals surface area contributed by atoms with Gasteiger partial charge in [-0.2, -0.15) is 0 Å². The van der Waals surface area contributed by atoms with Gasteiger partial charge in [-0.15, -0.1) is 0 Å². The number of likely N-dealkylation sites (N-methyl/N-ethyl adjacent to an activating group) is 1. The first kappa shape index (κ1) is 41.0. The molecule has 5 atom stereocenters. The minimum absolute atomic E-state index is 0.0929. The number of benzene rings is 3. The molecule has 314 valence electrons. The minimum Gasteiger partial charge on any atom is -0.465 e. The van der Waals surface area contributed by atoms with Gasteiger partial charge in [0.25, 0.3) is 0 Å². The summed E-state index contributed by atoms with van der Waals surface area (Å²) in [7, 11) is 3.91. The summed E-state index contributed by atoms with van der Waals surface area (Å²) in [6.45, 7) is 9.90. The standard InChI is InChI=1S/C48H58N8O4/c1-47(2,3)40-28-48(4,24-27-56(40)46(59)60)45(58)55-26-11-15-39(55)43-50-30-37(52-43)34-22-18-32(19-23-34)31-16-20-33(21-17-31)36-29-49-42(51-36)38-14-10-25-54(38)44(57)41(53(5)6)35-12-8-7-9-13-35/h7-9,12-13,16-23,29-30,38-41H,10-11,14-15,24-28H2,1-6H3,(H,49,51)(H,50,52)(H,59,60)/t38-,39-,40?,41+,48?/m0/s1. The van der Waals surface area contributed by atoms with Gasteiger partial charge in [-0.05, 0) is 85.9 Å². The summed E-state index contributed by atoms with van der Waals surface area (Å²) >= 11 is 0. The summed E-state index contributed by atoms with van der Waals surface area (Å²) in [5.41, 5.74) is 6.10. The van der Waals surface area contributed by atoms with Crippen LogP contribution in [0.4, 0.5) is 4.79 Å². The van der Waals surface area contributed by atoms with E-state index in [0.717, 1.165) is 76.5 Å². The monoisotopic (exact) mass is 810 g/mol. The molecule has 0 radical (unpaired) electrons. The van der Waals surface area contributed by atoms with E-state index in [-0.39, 0.29) is 41.4 Å². The number of amides is 3. The van der Waals surface area contributed by atoms with Crippen LogP contribution in [0.3, 0.4) is 0 Å². The molecule has 2 aromatic heterocycles. The highest BCUT2D eigenvalue weighted by Crippen LogP contribution is 2.45. The number of carboxylic acid groups (broad SMARTS) is 1. The van der Waals surface area contributed by atoms with Crippen molar-refractivity contribution in [3.8, 4) is 33.6 Å². The van der Waals surface area contributed by atoms with Crippen molar-refractivity contribution in [2.24, 2.45) is 10.8 Å². The normalized spacial score (nSPS) is 22.7. The summed E-state index contributed by atoms with van der Waals surface area (Å²) in [5.74, 6) is 1.79. The number of hydrogen-bond acceptors (Lipinski definition) is 6. The molecular weight excluding hydrogens is 753 g/mol. The molecule has 3 aromatic carbocycles. The second kappa shape index (κ2) is 16.4. The zero-order valence-electron chi connectivity index (χ0n) is 35.7.